The van der Waals surface area contributed by atoms with Crippen molar-refractivity contribution in [1.29, 1.82) is 0 Å². The van der Waals surface area contributed by atoms with Crippen LogP contribution in [0.1, 0.15) is 39.5 Å². The Hall–Kier alpha value is -0.460. The van der Waals surface area contributed by atoms with Crippen LogP contribution in [0, 0.1) is 0 Å². The SMILES string of the molecule is C=CCCCC[C@@H](C)OC1O[C@@H](C)[C@H](O)[C@@H](O)[C@H]1O. The van der Waals surface area contributed by atoms with Crippen molar-refractivity contribution < 1.29 is 24.8 Å². The summed E-state index contributed by atoms with van der Waals surface area (Å²) in [5.41, 5.74) is 0. The van der Waals surface area contributed by atoms with Crippen LogP contribution in [-0.2, 0) is 9.47 Å². The van der Waals surface area contributed by atoms with E-state index in [9.17, 15) is 15.3 Å². The van der Waals surface area contributed by atoms with Gasteiger partial charge in [-0.05, 0) is 33.1 Å². The molecule has 1 heterocycles. The first-order valence-corrected chi connectivity index (χ1v) is 6.93. The van der Waals surface area contributed by atoms with Gasteiger partial charge >= 0.3 is 0 Å². The Kier molecular flexibility index (Phi) is 6.96. The molecule has 0 spiro atoms. The minimum absolute atomic E-state index is 0.0703. The zero-order valence-electron chi connectivity index (χ0n) is 11.7. The molecule has 0 saturated carbocycles. The fraction of sp³-hybridized carbons (Fsp3) is 0.857. The van der Waals surface area contributed by atoms with Gasteiger partial charge in [0.2, 0.25) is 0 Å². The summed E-state index contributed by atoms with van der Waals surface area (Å²) in [6.07, 6.45) is 0.739. The number of allylic oxidation sites excluding steroid dienone is 1. The van der Waals surface area contributed by atoms with Gasteiger partial charge in [-0.2, -0.15) is 0 Å². The maximum Gasteiger partial charge on any atom is 0.186 e. The molecular formula is C14H26O5. The average molecular weight is 274 g/mol. The van der Waals surface area contributed by atoms with Gasteiger partial charge < -0.3 is 24.8 Å². The number of hydrogen-bond acceptors (Lipinski definition) is 5. The van der Waals surface area contributed by atoms with Crippen molar-refractivity contribution in [1.82, 2.24) is 0 Å². The third-order valence-corrected chi connectivity index (χ3v) is 3.44. The maximum absolute atomic E-state index is 9.81. The molecule has 6 atom stereocenters. The van der Waals surface area contributed by atoms with Gasteiger partial charge in [0.25, 0.3) is 0 Å². The van der Waals surface area contributed by atoms with Gasteiger partial charge in [-0.25, -0.2) is 0 Å². The number of rotatable bonds is 7. The van der Waals surface area contributed by atoms with Crippen molar-refractivity contribution in [2.45, 2.75) is 76.3 Å². The molecule has 1 aliphatic heterocycles. The predicted molar refractivity (Wildman–Crippen MR) is 71.6 cm³/mol. The van der Waals surface area contributed by atoms with Gasteiger partial charge in [0, 0.05) is 0 Å². The van der Waals surface area contributed by atoms with Gasteiger partial charge in [0.15, 0.2) is 6.29 Å². The van der Waals surface area contributed by atoms with Gasteiger partial charge in [-0.15, -0.1) is 6.58 Å². The lowest BCUT2D eigenvalue weighted by atomic mass is 10.00. The van der Waals surface area contributed by atoms with Crippen molar-refractivity contribution in [3.05, 3.63) is 12.7 Å². The van der Waals surface area contributed by atoms with E-state index in [-0.39, 0.29) is 6.10 Å². The van der Waals surface area contributed by atoms with E-state index in [1.807, 2.05) is 13.0 Å². The molecule has 1 saturated heterocycles. The van der Waals surface area contributed by atoms with E-state index < -0.39 is 30.7 Å². The van der Waals surface area contributed by atoms with Crippen LogP contribution in [0.4, 0.5) is 0 Å². The predicted octanol–water partition coefficient (Wildman–Crippen LogP) is 0.965. The normalized spacial score (nSPS) is 37.0. The molecule has 5 nitrogen and oxygen atoms in total. The molecule has 0 aromatic carbocycles. The van der Waals surface area contributed by atoms with Crippen LogP contribution in [0.3, 0.4) is 0 Å². The molecule has 0 radical (unpaired) electrons. The highest BCUT2D eigenvalue weighted by Gasteiger charge is 2.42. The van der Waals surface area contributed by atoms with Gasteiger partial charge in [0.1, 0.15) is 18.3 Å². The summed E-state index contributed by atoms with van der Waals surface area (Å²) >= 11 is 0. The molecule has 19 heavy (non-hydrogen) atoms. The summed E-state index contributed by atoms with van der Waals surface area (Å²) in [7, 11) is 0. The Bertz CT molecular complexity index is 271. The summed E-state index contributed by atoms with van der Waals surface area (Å²) in [4.78, 5) is 0. The number of aliphatic hydroxyl groups is 3. The van der Waals surface area contributed by atoms with Crippen LogP contribution >= 0.6 is 0 Å². The Morgan fingerprint density at radius 1 is 1.21 bits per heavy atom. The monoisotopic (exact) mass is 274 g/mol. The minimum atomic E-state index is -1.23. The largest absolute Gasteiger partial charge is 0.388 e. The summed E-state index contributed by atoms with van der Waals surface area (Å²) in [6.45, 7) is 7.22. The summed E-state index contributed by atoms with van der Waals surface area (Å²) in [6, 6.07) is 0. The van der Waals surface area contributed by atoms with Crippen molar-refractivity contribution >= 4 is 0 Å². The first-order chi connectivity index (χ1) is 8.97. The number of hydrogen-bond donors (Lipinski definition) is 3. The van der Waals surface area contributed by atoms with Crippen LogP contribution in [0.5, 0.6) is 0 Å². The molecule has 3 N–H and O–H groups in total. The van der Waals surface area contributed by atoms with Gasteiger partial charge in [-0.1, -0.05) is 12.5 Å². The second kappa shape index (κ2) is 7.97. The molecule has 0 aliphatic carbocycles. The highest BCUT2D eigenvalue weighted by atomic mass is 16.7. The molecule has 5 heteroatoms. The van der Waals surface area contributed by atoms with Crippen LogP contribution in [0.25, 0.3) is 0 Å². The van der Waals surface area contributed by atoms with Crippen molar-refractivity contribution in [2.24, 2.45) is 0 Å². The fourth-order valence-corrected chi connectivity index (χ4v) is 2.14. The van der Waals surface area contributed by atoms with E-state index in [2.05, 4.69) is 6.58 Å². The molecular weight excluding hydrogens is 248 g/mol. The minimum Gasteiger partial charge on any atom is -0.388 e. The second-order valence-electron chi connectivity index (χ2n) is 5.20. The molecule has 112 valence electrons. The van der Waals surface area contributed by atoms with E-state index in [0.717, 1.165) is 25.7 Å². The Balaban J connectivity index is 2.36. The van der Waals surface area contributed by atoms with Gasteiger partial charge in [-0.3, -0.25) is 0 Å². The lowest BCUT2D eigenvalue weighted by molar-refractivity contribution is -0.302. The van der Waals surface area contributed by atoms with Crippen molar-refractivity contribution in [3.8, 4) is 0 Å². The van der Waals surface area contributed by atoms with E-state index >= 15 is 0 Å². The lowest BCUT2D eigenvalue weighted by Crippen LogP contribution is -2.57. The first kappa shape index (κ1) is 16.6. The topological polar surface area (TPSA) is 79.2 Å². The molecule has 1 rings (SSSR count). The third kappa shape index (κ3) is 4.85. The average Bonchev–Trinajstić information content (AvgIpc) is 2.38. The summed E-state index contributed by atoms with van der Waals surface area (Å²) < 4.78 is 11.0. The fourth-order valence-electron chi connectivity index (χ4n) is 2.14. The smallest absolute Gasteiger partial charge is 0.186 e. The van der Waals surface area contributed by atoms with Gasteiger partial charge in [0.05, 0.1) is 12.2 Å². The lowest BCUT2D eigenvalue weighted by Gasteiger charge is -2.39. The van der Waals surface area contributed by atoms with E-state index in [4.69, 9.17) is 9.47 Å². The number of unbranched alkanes of at least 4 members (excludes halogenated alkanes) is 2. The summed E-state index contributed by atoms with van der Waals surface area (Å²) in [5.74, 6) is 0. The highest BCUT2D eigenvalue weighted by Crippen LogP contribution is 2.23. The molecule has 0 aromatic heterocycles. The number of ether oxygens (including phenoxy) is 2. The van der Waals surface area contributed by atoms with Crippen LogP contribution in [-0.4, -0.2) is 52.1 Å². The molecule has 0 bridgehead atoms. The van der Waals surface area contributed by atoms with Crippen LogP contribution < -0.4 is 0 Å². The Labute approximate surface area is 114 Å². The maximum atomic E-state index is 9.81. The third-order valence-electron chi connectivity index (χ3n) is 3.44. The number of aliphatic hydroxyl groups excluding tert-OH is 3. The van der Waals surface area contributed by atoms with Crippen LogP contribution in [0.2, 0.25) is 0 Å². The first-order valence-electron chi connectivity index (χ1n) is 6.93. The van der Waals surface area contributed by atoms with E-state index in [1.165, 1.54) is 0 Å². The Morgan fingerprint density at radius 3 is 2.53 bits per heavy atom. The standard InChI is InChI=1S/C14H26O5/c1-4-5-6-7-8-9(2)18-14-13(17)12(16)11(15)10(3)19-14/h4,9-17H,1,5-8H2,2-3H3/t9-,10+,11+,12-,13-,14?/m1/s1. The zero-order chi connectivity index (χ0) is 14.4. The molecule has 1 aliphatic rings. The Morgan fingerprint density at radius 2 is 1.89 bits per heavy atom. The quantitative estimate of drug-likeness (QED) is 0.476. The molecule has 0 amide bonds. The van der Waals surface area contributed by atoms with E-state index in [0.29, 0.717) is 0 Å². The second-order valence-corrected chi connectivity index (χ2v) is 5.20. The van der Waals surface area contributed by atoms with Crippen molar-refractivity contribution in [3.63, 3.8) is 0 Å². The molecule has 1 fully saturated rings. The summed E-state index contributed by atoms with van der Waals surface area (Å²) in [5, 5.41) is 29.1. The van der Waals surface area contributed by atoms with Crippen LogP contribution in [0.15, 0.2) is 12.7 Å². The van der Waals surface area contributed by atoms with E-state index in [1.54, 1.807) is 6.92 Å². The van der Waals surface area contributed by atoms with Crippen molar-refractivity contribution in [2.75, 3.05) is 0 Å². The molecule has 1 unspecified atom stereocenters. The molecule has 0 aromatic rings. The zero-order valence-corrected chi connectivity index (χ0v) is 11.7. The highest BCUT2D eigenvalue weighted by molar-refractivity contribution is 4.87.